The molecule has 0 bridgehead atoms. The zero-order valence-corrected chi connectivity index (χ0v) is 11.3. The van der Waals surface area contributed by atoms with E-state index in [4.69, 9.17) is 5.73 Å². The maximum atomic E-state index is 5.67. The summed E-state index contributed by atoms with van der Waals surface area (Å²) in [5.41, 5.74) is 6.85. The molecule has 2 aromatic rings. The van der Waals surface area contributed by atoms with E-state index in [0.29, 0.717) is 6.54 Å². The highest BCUT2D eigenvalue weighted by Gasteiger charge is 2.10. The van der Waals surface area contributed by atoms with E-state index in [1.165, 1.54) is 5.56 Å². The lowest BCUT2D eigenvalue weighted by atomic mass is 10.3. The zero-order valence-electron chi connectivity index (χ0n) is 11.3. The lowest BCUT2D eigenvalue weighted by Gasteiger charge is -2.24. The summed E-state index contributed by atoms with van der Waals surface area (Å²) in [6, 6.07) is 4.20. The molecule has 1 unspecified atom stereocenters. The van der Waals surface area contributed by atoms with E-state index in [1.54, 1.807) is 6.33 Å². The number of anilines is 2. The fourth-order valence-electron chi connectivity index (χ4n) is 1.68. The summed E-state index contributed by atoms with van der Waals surface area (Å²) in [7, 11) is 1.98. The van der Waals surface area contributed by atoms with Crippen molar-refractivity contribution in [3.8, 4) is 0 Å². The van der Waals surface area contributed by atoms with Crippen molar-refractivity contribution in [2.75, 3.05) is 23.8 Å². The average molecular weight is 260 g/mol. The normalized spacial score (nSPS) is 12.2. The lowest BCUT2D eigenvalue weighted by Crippen LogP contribution is -2.35. The molecule has 0 saturated heterocycles. The fraction of sp³-hybridized carbons (Fsp3) is 0.385. The Morgan fingerprint density at radius 3 is 3.00 bits per heavy atom. The zero-order chi connectivity index (χ0) is 13.7. The van der Waals surface area contributed by atoms with Gasteiger partial charge in [0, 0.05) is 44.6 Å². The van der Waals surface area contributed by atoms with Crippen molar-refractivity contribution in [1.82, 2.24) is 15.0 Å². The average Bonchev–Trinajstić information content (AvgIpc) is 2.97. The largest absolute Gasteiger partial charge is 0.367 e. The summed E-state index contributed by atoms with van der Waals surface area (Å²) in [4.78, 5) is 13.6. The van der Waals surface area contributed by atoms with E-state index in [2.05, 4.69) is 27.2 Å². The standard InChI is InChI=1S/C13H20N6/c1-10(6-14)19(2)13-5-12(17-9-18-13)16-8-11-3-4-15-7-11/h3-5,7,9-10,15H,6,8,14H2,1-2H3,(H,16,17,18). The van der Waals surface area contributed by atoms with Crippen LogP contribution in [0.4, 0.5) is 11.6 Å². The molecule has 19 heavy (non-hydrogen) atoms. The van der Waals surface area contributed by atoms with E-state index >= 15 is 0 Å². The first-order valence-electron chi connectivity index (χ1n) is 6.31. The molecule has 0 aliphatic rings. The number of H-pyrrole nitrogens is 1. The number of aromatic nitrogens is 3. The highest BCUT2D eigenvalue weighted by atomic mass is 15.2. The van der Waals surface area contributed by atoms with Crippen LogP contribution >= 0.6 is 0 Å². The van der Waals surface area contributed by atoms with Gasteiger partial charge in [-0.3, -0.25) is 0 Å². The first-order valence-corrected chi connectivity index (χ1v) is 6.31. The number of hydrogen-bond acceptors (Lipinski definition) is 5. The third kappa shape index (κ3) is 3.45. The van der Waals surface area contributed by atoms with Crippen LogP contribution in [-0.2, 0) is 6.54 Å². The molecule has 1 atom stereocenters. The molecule has 0 saturated carbocycles. The Kier molecular flexibility index (Phi) is 4.35. The van der Waals surface area contributed by atoms with Gasteiger partial charge in [0.2, 0.25) is 0 Å². The first kappa shape index (κ1) is 13.4. The van der Waals surface area contributed by atoms with Gasteiger partial charge in [-0.05, 0) is 18.6 Å². The fourth-order valence-corrected chi connectivity index (χ4v) is 1.68. The Hall–Kier alpha value is -2.08. The molecule has 6 heteroatoms. The Labute approximate surface area is 113 Å². The SMILES string of the molecule is CC(CN)N(C)c1cc(NCc2cc[nH]c2)ncn1. The molecule has 0 radical (unpaired) electrons. The molecule has 0 aromatic carbocycles. The minimum absolute atomic E-state index is 0.243. The minimum atomic E-state index is 0.243. The van der Waals surface area contributed by atoms with Gasteiger partial charge in [-0.15, -0.1) is 0 Å². The molecular formula is C13H20N6. The van der Waals surface area contributed by atoms with Crippen LogP contribution in [-0.4, -0.2) is 34.6 Å². The molecule has 0 amide bonds. The van der Waals surface area contributed by atoms with E-state index in [0.717, 1.165) is 18.2 Å². The van der Waals surface area contributed by atoms with Crippen molar-refractivity contribution >= 4 is 11.6 Å². The van der Waals surface area contributed by atoms with Crippen LogP contribution < -0.4 is 16.0 Å². The predicted octanol–water partition coefficient (Wildman–Crippen LogP) is 1.20. The second kappa shape index (κ2) is 6.19. The second-order valence-electron chi connectivity index (χ2n) is 4.53. The monoisotopic (exact) mass is 260 g/mol. The first-order chi connectivity index (χ1) is 9.20. The van der Waals surface area contributed by atoms with Gasteiger partial charge in [0.15, 0.2) is 0 Å². The number of nitrogens with one attached hydrogen (secondary N) is 2. The number of nitrogens with two attached hydrogens (primary N) is 1. The highest BCUT2D eigenvalue weighted by Crippen LogP contribution is 2.15. The summed E-state index contributed by atoms with van der Waals surface area (Å²) in [5.74, 6) is 1.67. The summed E-state index contributed by atoms with van der Waals surface area (Å²) in [6.45, 7) is 3.39. The Morgan fingerprint density at radius 1 is 1.47 bits per heavy atom. The summed E-state index contributed by atoms with van der Waals surface area (Å²) >= 11 is 0. The third-order valence-electron chi connectivity index (χ3n) is 3.15. The molecule has 0 aliphatic heterocycles. The number of aromatic amines is 1. The molecule has 0 aliphatic carbocycles. The van der Waals surface area contributed by atoms with Gasteiger partial charge in [0.05, 0.1) is 0 Å². The molecule has 6 nitrogen and oxygen atoms in total. The molecule has 102 valence electrons. The van der Waals surface area contributed by atoms with E-state index in [-0.39, 0.29) is 6.04 Å². The highest BCUT2D eigenvalue weighted by molar-refractivity contribution is 5.48. The number of hydrogen-bond donors (Lipinski definition) is 3. The van der Waals surface area contributed by atoms with E-state index < -0.39 is 0 Å². The van der Waals surface area contributed by atoms with Crippen molar-refractivity contribution in [1.29, 1.82) is 0 Å². The maximum Gasteiger partial charge on any atom is 0.134 e. The summed E-state index contributed by atoms with van der Waals surface area (Å²) in [6.07, 6.45) is 5.42. The topological polar surface area (TPSA) is 82.9 Å². The van der Waals surface area contributed by atoms with Crippen LogP contribution in [0.2, 0.25) is 0 Å². The third-order valence-corrected chi connectivity index (χ3v) is 3.15. The van der Waals surface area contributed by atoms with Crippen LogP contribution in [0.3, 0.4) is 0 Å². The van der Waals surface area contributed by atoms with E-state index in [1.807, 2.05) is 36.5 Å². The minimum Gasteiger partial charge on any atom is -0.367 e. The molecule has 4 N–H and O–H groups in total. The number of likely N-dealkylation sites (N-methyl/N-ethyl adjacent to an activating group) is 1. The molecule has 2 rings (SSSR count). The van der Waals surface area contributed by atoms with Gasteiger partial charge in [-0.2, -0.15) is 0 Å². The van der Waals surface area contributed by atoms with E-state index in [9.17, 15) is 0 Å². The maximum absolute atomic E-state index is 5.67. The Morgan fingerprint density at radius 2 is 2.32 bits per heavy atom. The van der Waals surface area contributed by atoms with Crippen LogP contribution in [0.5, 0.6) is 0 Å². The van der Waals surface area contributed by atoms with Crippen molar-refractivity contribution in [2.45, 2.75) is 19.5 Å². The molecule has 2 heterocycles. The Bertz CT molecular complexity index is 496. The van der Waals surface area contributed by atoms with Gasteiger partial charge in [-0.25, -0.2) is 9.97 Å². The molecule has 0 fully saturated rings. The van der Waals surface area contributed by atoms with Crippen molar-refractivity contribution in [3.63, 3.8) is 0 Å². The number of nitrogens with zero attached hydrogens (tertiary/aromatic N) is 3. The lowest BCUT2D eigenvalue weighted by molar-refractivity contribution is 0.686. The molecule has 2 aromatic heterocycles. The van der Waals surface area contributed by atoms with Crippen LogP contribution in [0.25, 0.3) is 0 Å². The molecular weight excluding hydrogens is 240 g/mol. The van der Waals surface area contributed by atoms with Gasteiger partial charge in [-0.1, -0.05) is 0 Å². The Balaban J connectivity index is 2.02. The second-order valence-corrected chi connectivity index (χ2v) is 4.53. The van der Waals surface area contributed by atoms with Crippen molar-refractivity contribution in [2.24, 2.45) is 5.73 Å². The van der Waals surface area contributed by atoms with Gasteiger partial charge in [0.25, 0.3) is 0 Å². The van der Waals surface area contributed by atoms with Gasteiger partial charge < -0.3 is 20.9 Å². The van der Waals surface area contributed by atoms with Crippen LogP contribution in [0, 0.1) is 0 Å². The van der Waals surface area contributed by atoms with Crippen LogP contribution in [0.1, 0.15) is 12.5 Å². The van der Waals surface area contributed by atoms with Gasteiger partial charge in [0.1, 0.15) is 18.0 Å². The van der Waals surface area contributed by atoms with Gasteiger partial charge >= 0.3 is 0 Å². The quantitative estimate of drug-likeness (QED) is 0.727. The molecule has 0 spiro atoms. The smallest absolute Gasteiger partial charge is 0.134 e. The van der Waals surface area contributed by atoms with Crippen LogP contribution in [0.15, 0.2) is 30.9 Å². The summed E-state index contributed by atoms with van der Waals surface area (Å²) in [5, 5.41) is 3.27. The number of rotatable bonds is 6. The predicted molar refractivity (Wildman–Crippen MR) is 77.1 cm³/mol. The summed E-state index contributed by atoms with van der Waals surface area (Å²) < 4.78 is 0. The van der Waals surface area contributed by atoms with Crippen molar-refractivity contribution < 1.29 is 0 Å². The van der Waals surface area contributed by atoms with Crippen molar-refractivity contribution in [3.05, 3.63) is 36.4 Å².